The van der Waals surface area contributed by atoms with Crippen LogP contribution in [-0.4, -0.2) is 5.78 Å². The van der Waals surface area contributed by atoms with Gasteiger partial charge in [-0.15, -0.1) is 0 Å². The van der Waals surface area contributed by atoms with Gasteiger partial charge in [0.05, 0.1) is 11.3 Å². The van der Waals surface area contributed by atoms with Crippen molar-refractivity contribution in [3.05, 3.63) is 76.4 Å². The predicted molar refractivity (Wildman–Crippen MR) is 86.2 cm³/mol. The first kappa shape index (κ1) is 14.7. The van der Waals surface area contributed by atoms with Gasteiger partial charge in [-0.2, -0.15) is 0 Å². The molecule has 0 amide bonds. The lowest BCUT2D eigenvalue weighted by atomic mass is 10.2. The van der Waals surface area contributed by atoms with Crippen molar-refractivity contribution in [2.45, 2.75) is 0 Å². The van der Waals surface area contributed by atoms with E-state index in [1.807, 2.05) is 0 Å². The van der Waals surface area contributed by atoms with Gasteiger partial charge in [-0.25, -0.2) is 0 Å². The molecule has 5 heteroatoms. The van der Waals surface area contributed by atoms with Crippen LogP contribution in [0.4, 0.5) is 0 Å². The van der Waals surface area contributed by atoms with Crippen LogP contribution in [0.25, 0.3) is 17.4 Å². The van der Waals surface area contributed by atoms with Crippen LogP contribution in [0.15, 0.2) is 63.6 Å². The summed E-state index contributed by atoms with van der Waals surface area (Å²) >= 11 is 12.1. The molecule has 0 aliphatic carbocycles. The van der Waals surface area contributed by atoms with Crippen LogP contribution in [0, 0.1) is 0 Å². The Balaban J connectivity index is 1.82. The topological polar surface area (TPSA) is 43.4 Å². The van der Waals surface area contributed by atoms with Crippen LogP contribution in [0.1, 0.15) is 16.3 Å². The molecule has 110 valence electrons. The van der Waals surface area contributed by atoms with Crippen LogP contribution >= 0.6 is 23.2 Å². The number of ketones is 1. The lowest BCUT2D eigenvalue weighted by Crippen LogP contribution is -1.89. The number of furan rings is 2. The van der Waals surface area contributed by atoms with Gasteiger partial charge in [0.25, 0.3) is 0 Å². The molecule has 3 rings (SSSR count). The normalized spacial score (nSPS) is 11.2. The van der Waals surface area contributed by atoms with E-state index in [-0.39, 0.29) is 11.5 Å². The number of carbonyl (C=O) groups excluding carboxylic acids is 1. The highest BCUT2D eigenvalue weighted by molar-refractivity contribution is 6.35. The summed E-state index contributed by atoms with van der Waals surface area (Å²) in [6.45, 7) is 0. The van der Waals surface area contributed by atoms with Crippen molar-refractivity contribution >= 4 is 35.1 Å². The van der Waals surface area contributed by atoms with Crippen LogP contribution < -0.4 is 0 Å². The smallest absolute Gasteiger partial charge is 0.221 e. The zero-order chi connectivity index (χ0) is 15.5. The minimum absolute atomic E-state index is 0.233. The predicted octanol–water partition coefficient (Wildman–Crippen LogP) is 5.74. The second-order valence-electron chi connectivity index (χ2n) is 4.50. The van der Waals surface area contributed by atoms with Gasteiger partial charge in [0, 0.05) is 10.6 Å². The van der Waals surface area contributed by atoms with E-state index in [0.717, 1.165) is 0 Å². The highest BCUT2D eigenvalue weighted by Crippen LogP contribution is 2.32. The fourth-order valence-corrected chi connectivity index (χ4v) is 2.31. The third-order valence-electron chi connectivity index (χ3n) is 2.98. The number of hydrogen-bond donors (Lipinski definition) is 0. The summed E-state index contributed by atoms with van der Waals surface area (Å²) in [5.41, 5.74) is 0.700. The first-order valence-electron chi connectivity index (χ1n) is 6.44. The summed E-state index contributed by atoms with van der Waals surface area (Å²) in [6.07, 6.45) is 4.42. The third-order valence-corrected chi connectivity index (χ3v) is 3.55. The molecule has 0 aliphatic heterocycles. The van der Waals surface area contributed by atoms with Gasteiger partial charge in [0.15, 0.2) is 5.76 Å². The molecule has 0 fully saturated rings. The fourth-order valence-electron chi connectivity index (χ4n) is 1.93. The molecule has 0 bridgehead atoms. The van der Waals surface area contributed by atoms with Gasteiger partial charge in [-0.3, -0.25) is 4.79 Å². The van der Waals surface area contributed by atoms with Gasteiger partial charge < -0.3 is 8.83 Å². The van der Waals surface area contributed by atoms with Gasteiger partial charge >= 0.3 is 0 Å². The molecule has 0 radical (unpaired) electrons. The summed E-state index contributed by atoms with van der Waals surface area (Å²) in [6, 6.07) is 11.9. The molecule has 0 spiro atoms. The Labute approximate surface area is 136 Å². The molecule has 2 aromatic heterocycles. The number of rotatable bonds is 4. The van der Waals surface area contributed by atoms with Crippen molar-refractivity contribution < 1.29 is 13.6 Å². The first-order chi connectivity index (χ1) is 10.6. The second-order valence-corrected chi connectivity index (χ2v) is 5.34. The zero-order valence-electron chi connectivity index (χ0n) is 11.3. The fraction of sp³-hybridized carbons (Fsp3) is 0. The lowest BCUT2D eigenvalue weighted by Gasteiger charge is -2.00. The van der Waals surface area contributed by atoms with E-state index in [4.69, 9.17) is 32.0 Å². The van der Waals surface area contributed by atoms with Crippen molar-refractivity contribution in [3.63, 3.8) is 0 Å². The molecule has 0 unspecified atom stereocenters. The van der Waals surface area contributed by atoms with E-state index in [1.54, 1.807) is 48.5 Å². The average Bonchev–Trinajstić information content (AvgIpc) is 3.18. The molecule has 0 aliphatic rings. The molecule has 3 nitrogen and oxygen atoms in total. The molecule has 22 heavy (non-hydrogen) atoms. The Bertz CT molecular complexity index is 829. The number of halogens is 2. The largest absolute Gasteiger partial charge is 0.461 e. The van der Waals surface area contributed by atoms with Crippen molar-refractivity contribution in [1.29, 1.82) is 0 Å². The van der Waals surface area contributed by atoms with Gasteiger partial charge in [-0.05, 0) is 54.6 Å². The molecular weight excluding hydrogens is 323 g/mol. The van der Waals surface area contributed by atoms with E-state index >= 15 is 0 Å². The summed E-state index contributed by atoms with van der Waals surface area (Å²) in [7, 11) is 0. The highest BCUT2D eigenvalue weighted by atomic mass is 35.5. The maximum atomic E-state index is 11.8. The SMILES string of the molecule is O=C(C=Cc1ccc(-c2cc(Cl)ccc2Cl)o1)c1ccco1. The van der Waals surface area contributed by atoms with E-state index in [2.05, 4.69) is 0 Å². The minimum atomic E-state index is -0.233. The van der Waals surface area contributed by atoms with Crippen molar-refractivity contribution in [3.8, 4) is 11.3 Å². The van der Waals surface area contributed by atoms with Gasteiger partial charge in [0.1, 0.15) is 11.5 Å². The molecule has 3 aromatic rings. The summed E-state index contributed by atoms with van der Waals surface area (Å²) in [5, 5.41) is 1.11. The summed E-state index contributed by atoms with van der Waals surface area (Å²) in [5.74, 6) is 1.16. The number of hydrogen-bond acceptors (Lipinski definition) is 3. The van der Waals surface area contributed by atoms with Gasteiger partial charge in [0.2, 0.25) is 5.78 Å². The lowest BCUT2D eigenvalue weighted by molar-refractivity contribution is 0.102. The highest BCUT2D eigenvalue weighted by Gasteiger charge is 2.09. The molecule has 2 heterocycles. The van der Waals surface area contributed by atoms with Crippen molar-refractivity contribution in [2.24, 2.45) is 0 Å². The average molecular weight is 333 g/mol. The number of carbonyl (C=O) groups is 1. The molecule has 0 atom stereocenters. The third kappa shape index (κ3) is 3.16. The molecule has 1 aromatic carbocycles. The first-order valence-corrected chi connectivity index (χ1v) is 7.20. The van der Waals surface area contributed by atoms with E-state index in [0.29, 0.717) is 27.1 Å². The summed E-state index contributed by atoms with van der Waals surface area (Å²) in [4.78, 5) is 11.8. The molecular formula is C17H10Cl2O3. The van der Waals surface area contributed by atoms with E-state index in [9.17, 15) is 4.79 Å². The number of benzene rings is 1. The van der Waals surface area contributed by atoms with Crippen LogP contribution in [0.2, 0.25) is 10.0 Å². The standard InChI is InChI=1S/C17H10Cl2O3/c18-11-3-6-14(19)13(10-11)16-8-5-12(22-16)4-7-15(20)17-2-1-9-21-17/h1-10H. The van der Waals surface area contributed by atoms with Crippen molar-refractivity contribution in [2.75, 3.05) is 0 Å². The quantitative estimate of drug-likeness (QED) is 0.451. The maximum Gasteiger partial charge on any atom is 0.221 e. The Kier molecular flexibility index (Phi) is 4.18. The van der Waals surface area contributed by atoms with E-state index in [1.165, 1.54) is 12.3 Å². The molecule has 0 N–H and O–H groups in total. The molecule has 0 saturated carbocycles. The Morgan fingerprint density at radius 2 is 1.95 bits per heavy atom. The van der Waals surface area contributed by atoms with Gasteiger partial charge in [-0.1, -0.05) is 23.2 Å². The Hall–Kier alpha value is -2.23. The number of allylic oxidation sites excluding steroid dienone is 1. The monoisotopic (exact) mass is 332 g/mol. The van der Waals surface area contributed by atoms with Crippen LogP contribution in [0.5, 0.6) is 0 Å². The second kappa shape index (κ2) is 6.26. The summed E-state index contributed by atoms with van der Waals surface area (Å²) < 4.78 is 10.7. The Morgan fingerprint density at radius 1 is 1.09 bits per heavy atom. The van der Waals surface area contributed by atoms with E-state index < -0.39 is 0 Å². The Morgan fingerprint density at radius 3 is 2.73 bits per heavy atom. The van der Waals surface area contributed by atoms with Crippen molar-refractivity contribution in [1.82, 2.24) is 0 Å². The zero-order valence-corrected chi connectivity index (χ0v) is 12.8. The van der Waals surface area contributed by atoms with Crippen LogP contribution in [0.3, 0.4) is 0 Å². The van der Waals surface area contributed by atoms with Crippen LogP contribution in [-0.2, 0) is 0 Å². The maximum absolute atomic E-state index is 11.8. The molecule has 0 saturated heterocycles. The minimum Gasteiger partial charge on any atom is -0.461 e.